The Morgan fingerprint density at radius 1 is 1.24 bits per heavy atom. The van der Waals surface area contributed by atoms with Crippen LogP contribution in [-0.4, -0.2) is 16.1 Å². The summed E-state index contributed by atoms with van der Waals surface area (Å²) in [7, 11) is 0. The van der Waals surface area contributed by atoms with Crippen molar-refractivity contribution in [1.29, 1.82) is 0 Å². The average molecular weight is 270 g/mol. The minimum Gasteiger partial charge on any atom is -0.320 e. The molecule has 0 atom stereocenters. The van der Waals surface area contributed by atoms with Crippen LogP contribution in [0.25, 0.3) is 0 Å². The number of rotatable bonds is 2. The molecule has 2 rings (SSSR count). The minimum atomic E-state index is -0.312. The largest absolute Gasteiger partial charge is 0.320 e. The van der Waals surface area contributed by atoms with E-state index in [-0.39, 0.29) is 5.91 Å². The van der Waals surface area contributed by atoms with Crippen molar-refractivity contribution in [1.82, 2.24) is 10.2 Å². The molecule has 6 heteroatoms. The molecule has 4 nitrogen and oxygen atoms in total. The first kappa shape index (κ1) is 12.0. The number of aryl methyl sites for hydroxylation is 1. The number of nitrogens with zero attached hydrogens (tertiary/aromatic N) is 1. The number of anilines is 1. The second-order valence-corrected chi connectivity index (χ2v) is 4.42. The fourth-order valence-electron chi connectivity index (χ4n) is 1.36. The van der Waals surface area contributed by atoms with Crippen LogP contribution in [-0.2, 0) is 0 Å². The van der Waals surface area contributed by atoms with Crippen molar-refractivity contribution >= 4 is 34.8 Å². The summed E-state index contributed by atoms with van der Waals surface area (Å²) in [6.07, 6.45) is 0. The summed E-state index contributed by atoms with van der Waals surface area (Å²) in [4.78, 5) is 11.8. The lowest BCUT2D eigenvalue weighted by molar-refractivity contribution is 0.102. The number of aromatic nitrogens is 2. The standard InChI is InChI=1S/C11H9Cl2N3O/c1-6-2-10(16-15-6)11(17)14-9-4-7(12)3-8(13)5-9/h2-5H,1H3,(H,14,17)(H,15,16). The minimum absolute atomic E-state index is 0.312. The van der Waals surface area contributed by atoms with Gasteiger partial charge in [0, 0.05) is 21.4 Å². The highest BCUT2D eigenvalue weighted by molar-refractivity contribution is 6.35. The predicted molar refractivity (Wildman–Crippen MR) is 67.7 cm³/mol. The number of hydrogen-bond donors (Lipinski definition) is 2. The molecule has 0 bridgehead atoms. The van der Waals surface area contributed by atoms with Gasteiger partial charge in [-0.3, -0.25) is 9.89 Å². The molecule has 2 aromatic rings. The van der Waals surface area contributed by atoms with Crippen molar-refractivity contribution < 1.29 is 4.79 Å². The van der Waals surface area contributed by atoms with E-state index in [1.807, 2.05) is 6.92 Å². The van der Waals surface area contributed by atoms with E-state index < -0.39 is 0 Å². The molecule has 17 heavy (non-hydrogen) atoms. The molecule has 0 aliphatic carbocycles. The van der Waals surface area contributed by atoms with E-state index in [9.17, 15) is 4.79 Å². The van der Waals surface area contributed by atoms with Gasteiger partial charge in [0.05, 0.1) is 0 Å². The zero-order chi connectivity index (χ0) is 12.4. The number of hydrogen-bond acceptors (Lipinski definition) is 2. The van der Waals surface area contributed by atoms with Gasteiger partial charge in [0.15, 0.2) is 5.69 Å². The van der Waals surface area contributed by atoms with Gasteiger partial charge in [-0.2, -0.15) is 5.10 Å². The van der Waals surface area contributed by atoms with Crippen molar-refractivity contribution in [2.24, 2.45) is 0 Å². The number of aromatic amines is 1. The van der Waals surface area contributed by atoms with Crippen LogP contribution in [0.15, 0.2) is 24.3 Å². The summed E-state index contributed by atoms with van der Waals surface area (Å²) in [5, 5.41) is 10.1. The van der Waals surface area contributed by atoms with Crippen molar-refractivity contribution in [3.8, 4) is 0 Å². The Bertz CT molecular complexity index is 545. The van der Waals surface area contributed by atoms with Gasteiger partial charge >= 0.3 is 0 Å². The second-order valence-electron chi connectivity index (χ2n) is 3.55. The van der Waals surface area contributed by atoms with Crippen molar-refractivity contribution in [3.05, 3.63) is 45.7 Å². The lowest BCUT2D eigenvalue weighted by atomic mass is 10.3. The number of carbonyl (C=O) groups is 1. The molecular weight excluding hydrogens is 261 g/mol. The van der Waals surface area contributed by atoms with Crippen LogP contribution in [0, 0.1) is 6.92 Å². The molecule has 0 aliphatic heterocycles. The van der Waals surface area contributed by atoms with Crippen LogP contribution in [0.1, 0.15) is 16.2 Å². The van der Waals surface area contributed by atoms with Crippen LogP contribution in [0.2, 0.25) is 10.0 Å². The molecule has 1 aromatic carbocycles. The van der Waals surface area contributed by atoms with E-state index >= 15 is 0 Å². The molecule has 0 fully saturated rings. The third-order valence-electron chi connectivity index (χ3n) is 2.06. The Balaban J connectivity index is 2.18. The molecule has 0 aliphatic rings. The zero-order valence-electron chi connectivity index (χ0n) is 8.92. The van der Waals surface area contributed by atoms with Crippen LogP contribution < -0.4 is 5.32 Å². The second kappa shape index (κ2) is 4.77. The fraction of sp³-hybridized carbons (Fsp3) is 0.0909. The molecule has 0 unspecified atom stereocenters. The maximum Gasteiger partial charge on any atom is 0.276 e. The SMILES string of the molecule is Cc1cc(C(=O)Nc2cc(Cl)cc(Cl)c2)n[nH]1. The topological polar surface area (TPSA) is 57.8 Å². The van der Waals surface area contributed by atoms with Gasteiger partial charge in [0.1, 0.15) is 0 Å². The van der Waals surface area contributed by atoms with Gasteiger partial charge < -0.3 is 5.32 Å². The van der Waals surface area contributed by atoms with Gasteiger partial charge in [-0.05, 0) is 31.2 Å². The average Bonchev–Trinajstić information content (AvgIpc) is 2.63. The first-order valence-corrected chi connectivity index (χ1v) is 5.59. The maximum atomic E-state index is 11.8. The Hall–Kier alpha value is -1.52. The molecule has 2 N–H and O–H groups in total. The Labute approximate surface area is 108 Å². The van der Waals surface area contributed by atoms with E-state index in [4.69, 9.17) is 23.2 Å². The first-order chi connectivity index (χ1) is 8.04. The van der Waals surface area contributed by atoms with Gasteiger partial charge in [-0.25, -0.2) is 0 Å². The van der Waals surface area contributed by atoms with E-state index in [0.717, 1.165) is 5.69 Å². The monoisotopic (exact) mass is 269 g/mol. The molecule has 1 heterocycles. The van der Waals surface area contributed by atoms with Crippen LogP contribution >= 0.6 is 23.2 Å². The van der Waals surface area contributed by atoms with Crippen LogP contribution in [0.5, 0.6) is 0 Å². The molecule has 1 amide bonds. The molecule has 0 radical (unpaired) electrons. The van der Waals surface area contributed by atoms with Gasteiger partial charge in [0.25, 0.3) is 5.91 Å². The fourth-order valence-corrected chi connectivity index (χ4v) is 1.88. The summed E-state index contributed by atoms with van der Waals surface area (Å²) >= 11 is 11.7. The number of H-pyrrole nitrogens is 1. The van der Waals surface area contributed by atoms with Crippen molar-refractivity contribution in [3.63, 3.8) is 0 Å². The normalized spacial score (nSPS) is 10.3. The third kappa shape index (κ3) is 2.99. The predicted octanol–water partition coefficient (Wildman–Crippen LogP) is 3.28. The van der Waals surface area contributed by atoms with Gasteiger partial charge in [0.2, 0.25) is 0 Å². The number of amides is 1. The summed E-state index contributed by atoms with van der Waals surface area (Å²) in [6.45, 7) is 1.82. The number of halogens is 2. The Kier molecular flexibility index (Phi) is 3.36. The van der Waals surface area contributed by atoms with Crippen molar-refractivity contribution in [2.75, 3.05) is 5.32 Å². The van der Waals surface area contributed by atoms with Crippen LogP contribution in [0.3, 0.4) is 0 Å². The van der Waals surface area contributed by atoms with Gasteiger partial charge in [-0.15, -0.1) is 0 Å². The van der Waals surface area contributed by atoms with E-state index in [0.29, 0.717) is 21.4 Å². The molecular formula is C11H9Cl2N3O. The third-order valence-corrected chi connectivity index (χ3v) is 2.50. The van der Waals surface area contributed by atoms with Crippen LogP contribution in [0.4, 0.5) is 5.69 Å². The molecule has 0 saturated heterocycles. The number of nitrogens with one attached hydrogen (secondary N) is 2. The van der Waals surface area contributed by atoms with Crippen molar-refractivity contribution in [2.45, 2.75) is 6.92 Å². The summed E-state index contributed by atoms with van der Waals surface area (Å²) in [5.41, 5.74) is 1.67. The highest BCUT2D eigenvalue weighted by Gasteiger charge is 2.10. The molecule has 1 aromatic heterocycles. The lowest BCUT2D eigenvalue weighted by Crippen LogP contribution is -2.12. The van der Waals surface area contributed by atoms with Gasteiger partial charge in [-0.1, -0.05) is 23.2 Å². The molecule has 0 saturated carbocycles. The quantitative estimate of drug-likeness (QED) is 0.879. The molecule has 88 valence electrons. The zero-order valence-corrected chi connectivity index (χ0v) is 10.4. The summed E-state index contributed by atoms with van der Waals surface area (Å²) < 4.78 is 0. The smallest absolute Gasteiger partial charge is 0.276 e. The number of carbonyl (C=O) groups excluding carboxylic acids is 1. The molecule has 0 spiro atoms. The summed E-state index contributed by atoms with van der Waals surface area (Å²) in [5.74, 6) is -0.312. The van der Waals surface area contributed by atoms with E-state index in [1.54, 1.807) is 24.3 Å². The lowest BCUT2D eigenvalue weighted by Gasteiger charge is -2.04. The number of benzene rings is 1. The maximum absolute atomic E-state index is 11.8. The van der Waals surface area contributed by atoms with E-state index in [2.05, 4.69) is 15.5 Å². The highest BCUT2D eigenvalue weighted by Crippen LogP contribution is 2.22. The highest BCUT2D eigenvalue weighted by atomic mass is 35.5. The Morgan fingerprint density at radius 3 is 2.41 bits per heavy atom. The summed E-state index contributed by atoms with van der Waals surface area (Å²) in [6, 6.07) is 6.48. The van der Waals surface area contributed by atoms with E-state index in [1.165, 1.54) is 0 Å². The Morgan fingerprint density at radius 2 is 1.88 bits per heavy atom. The first-order valence-electron chi connectivity index (χ1n) is 4.84.